The average molecular weight is 293 g/mol. The first-order valence-electron chi connectivity index (χ1n) is 7.51. The fourth-order valence-electron chi connectivity index (χ4n) is 3.39. The Labute approximate surface area is 125 Å². The Morgan fingerprint density at radius 2 is 2.05 bits per heavy atom. The third-order valence-electron chi connectivity index (χ3n) is 4.56. The maximum Gasteiger partial charge on any atom is 0.331 e. The summed E-state index contributed by atoms with van der Waals surface area (Å²) >= 11 is 0. The highest BCUT2D eigenvalue weighted by molar-refractivity contribution is 5.85. The molecular formula is C17H24FNO2. The Bertz CT molecular complexity index is 511. The minimum absolute atomic E-state index is 0.143. The lowest BCUT2D eigenvalue weighted by molar-refractivity contribution is -0.150. The van der Waals surface area contributed by atoms with Crippen LogP contribution >= 0.6 is 0 Å². The van der Waals surface area contributed by atoms with E-state index in [-0.39, 0.29) is 17.7 Å². The van der Waals surface area contributed by atoms with E-state index in [1.54, 1.807) is 0 Å². The lowest BCUT2D eigenvalue weighted by Gasteiger charge is -2.43. The van der Waals surface area contributed by atoms with Crippen LogP contribution in [0, 0.1) is 24.6 Å². The molecule has 0 bridgehead atoms. The van der Waals surface area contributed by atoms with Crippen molar-refractivity contribution in [1.82, 2.24) is 0 Å². The van der Waals surface area contributed by atoms with Crippen LogP contribution in [-0.4, -0.2) is 18.6 Å². The normalized spacial score (nSPS) is 29.0. The highest BCUT2D eigenvalue weighted by Gasteiger charge is 2.48. The van der Waals surface area contributed by atoms with Crippen LogP contribution in [0.15, 0.2) is 18.2 Å². The quantitative estimate of drug-likeness (QED) is 0.859. The van der Waals surface area contributed by atoms with E-state index in [1.165, 1.54) is 19.2 Å². The van der Waals surface area contributed by atoms with Gasteiger partial charge < -0.3 is 10.1 Å². The average Bonchev–Trinajstić information content (AvgIpc) is 2.40. The first-order valence-corrected chi connectivity index (χ1v) is 7.51. The first-order chi connectivity index (χ1) is 9.87. The van der Waals surface area contributed by atoms with Gasteiger partial charge in [0.15, 0.2) is 0 Å². The van der Waals surface area contributed by atoms with Gasteiger partial charge in [-0.15, -0.1) is 0 Å². The summed E-state index contributed by atoms with van der Waals surface area (Å²) < 4.78 is 18.7. The number of hydrogen-bond donors (Lipinski definition) is 1. The van der Waals surface area contributed by atoms with Crippen LogP contribution in [0.1, 0.15) is 38.7 Å². The monoisotopic (exact) mass is 293 g/mol. The van der Waals surface area contributed by atoms with Gasteiger partial charge in [0.2, 0.25) is 0 Å². The van der Waals surface area contributed by atoms with Crippen LogP contribution in [0.4, 0.5) is 10.1 Å². The molecule has 0 radical (unpaired) electrons. The van der Waals surface area contributed by atoms with E-state index in [0.717, 1.165) is 18.4 Å². The van der Waals surface area contributed by atoms with Crippen LogP contribution in [0.25, 0.3) is 0 Å². The number of rotatable bonds is 3. The van der Waals surface area contributed by atoms with Crippen molar-refractivity contribution in [3.8, 4) is 0 Å². The number of carbonyl (C=O) groups excluding carboxylic acids is 1. The summed E-state index contributed by atoms with van der Waals surface area (Å²) in [4.78, 5) is 12.4. The Kier molecular flexibility index (Phi) is 4.55. The molecule has 0 spiro atoms. The van der Waals surface area contributed by atoms with Gasteiger partial charge in [-0.05, 0) is 55.4 Å². The number of esters is 1. The minimum Gasteiger partial charge on any atom is -0.467 e. The van der Waals surface area contributed by atoms with Crippen molar-refractivity contribution in [2.24, 2.45) is 11.8 Å². The number of methoxy groups -OCH3 is 1. The molecule has 1 aliphatic carbocycles. The highest BCUT2D eigenvalue weighted by Crippen LogP contribution is 2.40. The molecule has 0 aromatic heterocycles. The molecule has 0 amide bonds. The number of anilines is 1. The molecule has 1 aromatic carbocycles. The van der Waals surface area contributed by atoms with Gasteiger partial charge in [0, 0.05) is 5.69 Å². The second-order valence-corrected chi connectivity index (χ2v) is 6.39. The van der Waals surface area contributed by atoms with Crippen LogP contribution in [-0.2, 0) is 9.53 Å². The lowest BCUT2D eigenvalue weighted by Crippen LogP contribution is -2.55. The molecule has 21 heavy (non-hydrogen) atoms. The Morgan fingerprint density at radius 3 is 2.67 bits per heavy atom. The van der Waals surface area contributed by atoms with E-state index in [2.05, 4.69) is 19.2 Å². The molecule has 1 saturated carbocycles. The fourth-order valence-corrected chi connectivity index (χ4v) is 3.39. The van der Waals surface area contributed by atoms with Crippen molar-refractivity contribution in [1.29, 1.82) is 0 Å². The number of nitrogens with one attached hydrogen (secondary N) is 1. The van der Waals surface area contributed by atoms with Gasteiger partial charge in [-0.2, -0.15) is 0 Å². The maximum absolute atomic E-state index is 13.6. The van der Waals surface area contributed by atoms with Gasteiger partial charge in [-0.3, -0.25) is 0 Å². The molecule has 116 valence electrons. The summed E-state index contributed by atoms with van der Waals surface area (Å²) in [5.74, 6) is 0.0182. The molecule has 1 fully saturated rings. The minimum atomic E-state index is -0.771. The van der Waals surface area contributed by atoms with Crippen molar-refractivity contribution in [2.45, 2.75) is 45.6 Å². The molecule has 2 rings (SSSR count). The second kappa shape index (κ2) is 6.04. The summed E-state index contributed by atoms with van der Waals surface area (Å²) in [6.07, 6.45) is 2.76. The molecule has 0 aliphatic heterocycles. The Balaban J connectivity index is 2.38. The van der Waals surface area contributed by atoms with E-state index >= 15 is 0 Å². The molecule has 0 heterocycles. The van der Waals surface area contributed by atoms with Crippen molar-refractivity contribution in [2.75, 3.05) is 12.4 Å². The summed E-state index contributed by atoms with van der Waals surface area (Å²) in [5, 5.41) is 3.29. The third kappa shape index (κ3) is 3.20. The molecule has 3 unspecified atom stereocenters. The molecule has 1 aromatic rings. The molecule has 3 atom stereocenters. The lowest BCUT2D eigenvalue weighted by atomic mass is 9.69. The zero-order valence-corrected chi connectivity index (χ0v) is 13.2. The summed E-state index contributed by atoms with van der Waals surface area (Å²) in [5.41, 5.74) is 0.694. The van der Waals surface area contributed by atoms with Gasteiger partial charge in [-0.1, -0.05) is 20.3 Å². The number of carbonyl (C=O) groups is 1. The third-order valence-corrected chi connectivity index (χ3v) is 4.56. The topological polar surface area (TPSA) is 38.3 Å². The van der Waals surface area contributed by atoms with Crippen LogP contribution in [0.2, 0.25) is 0 Å². The SMILES string of the molecule is COC(=O)C1(Nc2cc(C)cc(F)c2)CC(C)CCC1C. The molecule has 4 heteroatoms. The van der Waals surface area contributed by atoms with Crippen molar-refractivity contribution in [3.63, 3.8) is 0 Å². The van der Waals surface area contributed by atoms with Crippen LogP contribution in [0.5, 0.6) is 0 Å². The van der Waals surface area contributed by atoms with Gasteiger partial charge in [0.05, 0.1) is 7.11 Å². The second-order valence-electron chi connectivity index (χ2n) is 6.39. The molecule has 1 N–H and O–H groups in total. The van der Waals surface area contributed by atoms with E-state index in [9.17, 15) is 9.18 Å². The standard InChI is InChI=1S/C17H24FNO2/c1-11-5-6-13(3)17(10-11,16(20)21-4)19-15-8-12(2)7-14(18)9-15/h7-9,11,13,19H,5-6,10H2,1-4H3. The van der Waals surface area contributed by atoms with Gasteiger partial charge in [0.1, 0.15) is 11.4 Å². The predicted molar refractivity (Wildman–Crippen MR) is 81.7 cm³/mol. The largest absolute Gasteiger partial charge is 0.467 e. The van der Waals surface area contributed by atoms with Crippen LogP contribution < -0.4 is 5.32 Å². The van der Waals surface area contributed by atoms with E-state index in [1.807, 2.05) is 13.0 Å². The zero-order chi connectivity index (χ0) is 15.6. The number of hydrogen-bond acceptors (Lipinski definition) is 3. The number of benzene rings is 1. The van der Waals surface area contributed by atoms with Crippen molar-refractivity contribution >= 4 is 11.7 Å². The van der Waals surface area contributed by atoms with Crippen molar-refractivity contribution in [3.05, 3.63) is 29.6 Å². The Morgan fingerprint density at radius 1 is 1.33 bits per heavy atom. The summed E-state index contributed by atoms with van der Waals surface area (Å²) in [6.45, 7) is 6.04. The van der Waals surface area contributed by atoms with Gasteiger partial charge in [-0.25, -0.2) is 9.18 Å². The summed E-state index contributed by atoms with van der Waals surface area (Å²) in [6, 6.07) is 4.77. The van der Waals surface area contributed by atoms with Gasteiger partial charge >= 0.3 is 5.97 Å². The molecule has 3 nitrogen and oxygen atoms in total. The molecular weight excluding hydrogens is 269 g/mol. The van der Waals surface area contributed by atoms with Crippen molar-refractivity contribution < 1.29 is 13.9 Å². The van der Waals surface area contributed by atoms with Gasteiger partial charge in [0.25, 0.3) is 0 Å². The maximum atomic E-state index is 13.6. The smallest absolute Gasteiger partial charge is 0.331 e. The first kappa shape index (κ1) is 15.8. The fraction of sp³-hybridized carbons (Fsp3) is 0.588. The molecule has 1 aliphatic rings. The van der Waals surface area contributed by atoms with E-state index < -0.39 is 5.54 Å². The highest BCUT2D eigenvalue weighted by atomic mass is 19.1. The number of halogens is 1. The Hall–Kier alpha value is -1.58. The molecule has 0 saturated heterocycles. The number of ether oxygens (including phenoxy) is 1. The number of aryl methyl sites for hydroxylation is 1. The summed E-state index contributed by atoms with van der Waals surface area (Å²) in [7, 11) is 1.41. The van der Waals surface area contributed by atoms with E-state index in [4.69, 9.17) is 4.74 Å². The van der Waals surface area contributed by atoms with Crippen LogP contribution in [0.3, 0.4) is 0 Å². The van der Waals surface area contributed by atoms with E-state index in [0.29, 0.717) is 18.0 Å². The predicted octanol–water partition coefficient (Wildman–Crippen LogP) is 3.91. The zero-order valence-electron chi connectivity index (χ0n) is 13.2.